The molecular formula is C40H20B2N12Pt2S4. The largest absolute Gasteiger partial charge is 2.00 e. The zero-order valence-electron chi connectivity index (χ0n) is 30.9. The Hall–Kier alpha value is -4.43. The molecule has 0 saturated carbocycles. The Morgan fingerprint density at radius 3 is 1.20 bits per heavy atom. The molecule has 1 aromatic carbocycles. The Morgan fingerprint density at radius 2 is 0.850 bits per heavy atom. The average molecular weight is 1210 g/mol. The van der Waals surface area contributed by atoms with Gasteiger partial charge < -0.3 is 29.1 Å². The van der Waals surface area contributed by atoms with E-state index in [9.17, 15) is 0 Å². The van der Waals surface area contributed by atoms with Gasteiger partial charge in [0.2, 0.25) is 13.4 Å². The molecule has 0 bridgehead atoms. The van der Waals surface area contributed by atoms with Gasteiger partial charge in [-0.05, 0) is 44.5 Å². The number of fused-ring (bicyclic) bond motifs is 10. The SMILES string of the molecule is Cn1ccnc1-c1[c-]c2c(nc1)Sc1c3c4c(c5c1B2c1[c-]c(-n2cccn2)cnc1S5)Sc1ncc(-n2cccn2)[c-]c1B4c1[c-]c(-c2nccn2C)cnc1S3.[Pt+2].[Pt+2]. The van der Waals surface area contributed by atoms with Gasteiger partial charge in [-0.1, -0.05) is 35.9 Å². The maximum atomic E-state index is 5.15. The van der Waals surface area contributed by atoms with Crippen molar-refractivity contribution in [2.75, 3.05) is 0 Å². The molecule has 0 N–H and O–H groups in total. The maximum absolute atomic E-state index is 5.15. The molecule has 0 spiro atoms. The summed E-state index contributed by atoms with van der Waals surface area (Å²) < 4.78 is 7.61. The van der Waals surface area contributed by atoms with Crippen LogP contribution in [0.3, 0.4) is 0 Å². The van der Waals surface area contributed by atoms with Crippen molar-refractivity contribution in [3.8, 4) is 34.2 Å². The molecular weight excluding hydrogens is 1190 g/mol. The summed E-state index contributed by atoms with van der Waals surface area (Å²) in [6.45, 7) is -0.520. The van der Waals surface area contributed by atoms with Crippen molar-refractivity contribution in [1.29, 1.82) is 0 Å². The molecule has 4 aliphatic rings. The van der Waals surface area contributed by atoms with E-state index in [4.69, 9.17) is 19.9 Å². The Bertz CT molecular complexity index is 2980. The molecule has 8 aromatic heterocycles. The first-order chi connectivity index (χ1) is 28.6. The van der Waals surface area contributed by atoms with E-state index in [2.05, 4.69) is 44.4 Å². The number of aromatic nitrogens is 12. The van der Waals surface area contributed by atoms with Gasteiger partial charge in [-0.25, -0.2) is 0 Å². The summed E-state index contributed by atoms with van der Waals surface area (Å²) in [4.78, 5) is 34.5. The van der Waals surface area contributed by atoms with Crippen molar-refractivity contribution in [2.24, 2.45) is 14.1 Å². The van der Waals surface area contributed by atoms with Gasteiger partial charge in [0, 0.05) is 93.3 Å². The first-order valence-corrected chi connectivity index (χ1v) is 21.4. The van der Waals surface area contributed by atoms with Gasteiger partial charge >= 0.3 is 42.1 Å². The van der Waals surface area contributed by atoms with E-state index in [0.717, 1.165) is 95.7 Å². The monoisotopic (exact) mass is 1210 g/mol. The van der Waals surface area contributed by atoms with Crippen molar-refractivity contribution in [3.63, 3.8) is 0 Å². The van der Waals surface area contributed by atoms with Crippen molar-refractivity contribution in [1.82, 2.24) is 58.6 Å². The van der Waals surface area contributed by atoms with Gasteiger partial charge in [-0.2, -0.15) is 33.3 Å². The van der Waals surface area contributed by atoms with E-state index in [1.165, 1.54) is 10.9 Å². The van der Waals surface area contributed by atoms with Gasteiger partial charge in [0.25, 0.3) is 0 Å². The van der Waals surface area contributed by atoms with Gasteiger partial charge in [0.05, 0.1) is 11.6 Å². The van der Waals surface area contributed by atoms with Crippen LogP contribution < -0.4 is 32.8 Å². The van der Waals surface area contributed by atoms with E-state index < -0.39 is 0 Å². The number of rotatable bonds is 4. The number of hydrogen-bond donors (Lipinski definition) is 0. The summed E-state index contributed by atoms with van der Waals surface area (Å²) in [7, 11) is 3.98. The van der Waals surface area contributed by atoms with Crippen LogP contribution in [0.5, 0.6) is 0 Å². The number of nitrogens with zero attached hydrogens (tertiary/aromatic N) is 12. The van der Waals surface area contributed by atoms with Crippen LogP contribution in [0.4, 0.5) is 0 Å². The number of pyridine rings is 4. The molecule has 12 nitrogen and oxygen atoms in total. The number of imidazole rings is 2. The molecule has 0 radical (unpaired) electrons. The number of hydrogen-bond acceptors (Lipinski definition) is 12. The minimum Gasteiger partial charge on any atom is -0.375 e. The fourth-order valence-corrected chi connectivity index (χ4v) is 13.3. The molecule has 9 aromatic rings. The second kappa shape index (κ2) is 14.6. The molecule has 0 atom stereocenters. The second-order valence-electron chi connectivity index (χ2n) is 14.0. The summed E-state index contributed by atoms with van der Waals surface area (Å²) in [5.41, 5.74) is 9.48. The Kier molecular flexibility index (Phi) is 9.36. The molecule has 60 heavy (non-hydrogen) atoms. The van der Waals surface area contributed by atoms with Gasteiger partial charge in [-0.3, -0.25) is 19.3 Å². The van der Waals surface area contributed by atoms with Crippen molar-refractivity contribution in [3.05, 3.63) is 111 Å². The van der Waals surface area contributed by atoms with Crippen LogP contribution in [0.2, 0.25) is 0 Å². The molecule has 0 unspecified atom stereocenters. The van der Waals surface area contributed by atoms with E-state index in [1.807, 2.05) is 84.9 Å². The summed E-state index contributed by atoms with van der Waals surface area (Å²) in [6, 6.07) is 19.0. The first-order valence-electron chi connectivity index (χ1n) is 18.1. The fourth-order valence-electron chi connectivity index (χ4n) is 8.19. The van der Waals surface area contributed by atoms with E-state index >= 15 is 0 Å². The molecule has 290 valence electrons. The summed E-state index contributed by atoms with van der Waals surface area (Å²) in [5.74, 6) is 1.60. The Labute approximate surface area is 389 Å². The van der Waals surface area contributed by atoms with Crippen LogP contribution in [-0.2, 0) is 56.2 Å². The zero-order valence-corrected chi connectivity index (χ0v) is 38.7. The first kappa shape index (κ1) is 38.5. The molecule has 0 fully saturated rings. The van der Waals surface area contributed by atoms with Crippen LogP contribution in [-0.4, -0.2) is 72.0 Å². The minimum atomic E-state index is -0.260. The van der Waals surface area contributed by atoms with Crippen LogP contribution in [0.25, 0.3) is 34.2 Å². The standard InChI is InChI=1S/C40H20B2N12S4.2Pt/c1-51-11-7-43-35(51)21-13-25-37(45-17-21)55-31-29-33(57-39-27(41(25)29)15-23(19-47-39)53-9-3-5-49-53)34-30-32(31)56-38-26(14-22(18-46-38)36-44-8-12-52(36)2)42(30)28-16-24(20-48-40(28)58-34)54-10-4-6-50-54;;/h3-12,17-20H,1-2H3;;/q-4;2*+2. The minimum absolute atomic E-state index is 0. The summed E-state index contributed by atoms with van der Waals surface area (Å²) in [5, 5.41) is 12.6. The fraction of sp³-hybridized carbons (Fsp3) is 0.0500. The third-order valence-electron chi connectivity index (χ3n) is 10.8. The quantitative estimate of drug-likeness (QED) is 0.190. The summed E-state index contributed by atoms with van der Waals surface area (Å²) in [6.07, 6.45) is 22.3. The zero-order chi connectivity index (χ0) is 38.2. The van der Waals surface area contributed by atoms with E-state index in [-0.39, 0.29) is 55.6 Å². The smallest absolute Gasteiger partial charge is 0.375 e. The Balaban J connectivity index is 0.00000204. The molecule has 13 rings (SSSR count). The second-order valence-corrected chi connectivity index (χ2v) is 18.0. The number of aryl methyl sites for hydroxylation is 2. The maximum Gasteiger partial charge on any atom is 2.00 e. The van der Waals surface area contributed by atoms with Crippen LogP contribution in [0.1, 0.15) is 0 Å². The molecule has 0 amide bonds. The predicted octanol–water partition coefficient (Wildman–Crippen LogP) is 2.53. The van der Waals surface area contributed by atoms with Crippen LogP contribution >= 0.6 is 47.0 Å². The number of benzene rings is 1. The average Bonchev–Trinajstić information content (AvgIpc) is 4.11. The molecule has 0 saturated heterocycles. The van der Waals surface area contributed by atoms with Crippen molar-refractivity contribution < 1.29 is 42.1 Å². The molecule has 20 heteroatoms. The van der Waals surface area contributed by atoms with Crippen LogP contribution in [0.15, 0.2) is 126 Å². The third kappa shape index (κ3) is 5.67. The Morgan fingerprint density at radius 1 is 0.467 bits per heavy atom. The normalized spacial score (nSPS) is 13.6. The topological polar surface area (TPSA) is 123 Å². The van der Waals surface area contributed by atoms with E-state index in [1.54, 1.807) is 81.2 Å². The molecule has 12 heterocycles. The molecule has 0 aliphatic carbocycles. The predicted molar refractivity (Wildman–Crippen MR) is 223 cm³/mol. The third-order valence-corrected chi connectivity index (χ3v) is 15.6. The van der Waals surface area contributed by atoms with Crippen LogP contribution in [0, 0.1) is 24.3 Å². The van der Waals surface area contributed by atoms with Crippen molar-refractivity contribution >= 4 is 93.2 Å². The van der Waals surface area contributed by atoms with Crippen molar-refractivity contribution in [2.45, 2.75) is 39.7 Å². The van der Waals surface area contributed by atoms with E-state index in [0.29, 0.717) is 0 Å². The molecule has 4 aliphatic heterocycles. The van der Waals surface area contributed by atoms with Gasteiger partial charge in [-0.15, -0.1) is 70.1 Å². The van der Waals surface area contributed by atoms with Gasteiger partial charge in [0.1, 0.15) is 0 Å². The summed E-state index contributed by atoms with van der Waals surface area (Å²) >= 11 is 6.80. The van der Waals surface area contributed by atoms with Gasteiger partial charge in [0.15, 0.2) is 0 Å².